The van der Waals surface area contributed by atoms with Gasteiger partial charge in [0.25, 0.3) is 0 Å². The van der Waals surface area contributed by atoms with Gasteiger partial charge in [-0.15, -0.1) is 0 Å². The van der Waals surface area contributed by atoms with Gasteiger partial charge in [0.1, 0.15) is 11.3 Å². The van der Waals surface area contributed by atoms with E-state index in [4.69, 9.17) is 4.42 Å². The topological polar surface area (TPSA) is 99.4 Å². The first kappa shape index (κ1) is 21.8. The third-order valence-electron chi connectivity index (χ3n) is 8.35. The van der Waals surface area contributed by atoms with E-state index in [2.05, 4.69) is 19.4 Å². The Morgan fingerprint density at radius 1 is 1.18 bits per heavy atom. The quantitative estimate of drug-likeness (QED) is 0.534. The molecule has 6 rings (SSSR count). The summed E-state index contributed by atoms with van der Waals surface area (Å²) in [6, 6.07) is 9.97. The molecule has 1 amide bonds. The molecule has 2 aromatic heterocycles. The molecule has 178 valence electrons. The van der Waals surface area contributed by atoms with Crippen LogP contribution in [-0.4, -0.2) is 44.7 Å². The van der Waals surface area contributed by atoms with Gasteiger partial charge in [-0.3, -0.25) is 14.7 Å². The lowest BCUT2D eigenvalue weighted by Gasteiger charge is -2.46. The molecule has 2 aliphatic carbocycles. The summed E-state index contributed by atoms with van der Waals surface area (Å²) in [7, 11) is 2.59. The van der Waals surface area contributed by atoms with Crippen LogP contribution < -0.4 is 5.50 Å². The molecule has 0 bridgehead atoms. The fourth-order valence-corrected chi connectivity index (χ4v) is 6.74. The molecule has 1 aromatic carbocycles. The molecular weight excluding hydrogens is 449 g/mol. The Hall–Kier alpha value is -2.66. The first-order valence-electron chi connectivity index (χ1n) is 12.3. The van der Waals surface area contributed by atoms with E-state index >= 15 is 0 Å². The zero-order chi connectivity index (χ0) is 23.4. The number of amides is 1. The van der Waals surface area contributed by atoms with Crippen LogP contribution in [0.2, 0.25) is 0 Å². The highest BCUT2D eigenvalue weighted by atomic mass is 31.0. The number of aromatic nitrogens is 2. The molecule has 3 aromatic rings. The van der Waals surface area contributed by atoms with Crippen LogP contribution >= 0.6 is 9.24 Å². The molecule has 2 N–H and O–H groups in total. The lowest BCUT2D eigenvalue weighted by molar-refractivity contribution is -0.152. The fraction of sp³-hybridized carbons (Fsp3) is 0.500. The molecule has 7 nitrogen and oxygen atoms in total. The van der Waals surface area contributed by atoms with Crippen LogP contribution in [0.4, 0.5) is 0 Å². The van der Waals surface area contributed by atoms with Crippen molar-refractivity contribution in [1.29, 1.82) is 0 Å². The Balaban J connectivity index is 1.30. The number of carbonyl (C=O) groups is 2. The van der Waals surface area contributed by atoms with Gasteiger partial charge in [0.15, 0.2) is 0 Å². The first-order chi connectivity index (χ1) is 16.5. The predicted octanol–water partition coefficient (Wildman–Crippen LogP) is 4.24. The number of aliphatic carboxylic acids is 1. The molecule has 8 heteroatoms. The molecule has 1 saturated heterocycles. The molecule has 3 fully saturated rings. The average molecular weight is 480 g/mol. The van der Waals surface area contributed by atoms with E-state index in [0.29, 0.717) is 6.42 Å². The lowest BCUT2D eigenvalue weighted by atomic mass is 9.71. The van der Waals surface area contributed by atoms with Gasteiger partial charge in [-0.05, 0) is 62.6 Å². The molecule has 3 aliphatic rings. The average Bonchev–Trinajstić information content (AvgIpc) is 3.25. The molecule has 1 aliphatic heterocycles. The minimum atomic E-state index is -0.703. The minimum Gasteiger partial charge on any atom is -0.481 e. The number of furan rings is 1. The number of fused-ring (bicyclic) bond motifs is 2. The fourth-order valence-electron chi connectivity index (χ4n) is 6.51. The number of carbonyl (C=O) groups excluding carboxylic acids is 1. The first-order valence-corrected chi connectivity index (χ1v) is 12.9. The van der Waals surface area contributed by atoms with Gasteiger partial charge in [0, 0.05) is 35.4 Å². The second-order valence-corrected chi connectivity index (χ2v) is 10.9. The maximum Gasteiger partial charge on any atom is 0.306 e. The normalized spacial score (nSPS) is 25.8. The molecular formula is C26H30N3O4P. The van der Waals surface area contributed by atoms with E-state index in [1.54, 1.807) is 0 Å². The van der Waals surface area contributed by atoms with Gasteiger partial charge < -0.3 is 14.4 Å². The number of nitrogens with one attached hydrogen (secondary N) is 1. The molecule has 4 unspecified atom stereocenters. The van der Waals surface area contributed by atoms with Crippen LogP contribution in [0, 0.1) is 11.8 Å². The van der Waals surface area contributed by atoms with E-state index in [0.717, 1.165) is 84.9 Å². The summed E-state index contributed by atoms with van der Waals surface area (Å²) in [6.45, 7) is 0.737. The van der Waals surface area contributed by atoms with Crippen molar-refractivity contribution in [3.63, 3.8) is 0 Å². The number of hydrogen-bond acceptors (Lipinski definition) is 4. The Morgan fingerprint density at radius 3 is 2.76 bits per heavy atom. The van der Waals surface area contributed by atoms with Crippen LogP contribution in [0.15, 0.2) is 34.7 Å². The monoisotopic (exact) mass is 479 g/mol. The van der Waals surface area contributed by atoms with Crippen LogP contribution in [0.25, 0.3) is 22.2 Å². The number of rotatable bonds is 5. The largest absolute Gasteiger partial charge is 0.481 e. The van der Waals surface area contributed by atoms with Crippen molar-refractivity contribution in [2.75, 3.05) is 6.54 Å². The Bertz CT molecular complexity index is 1260. The number of carboxylic acid groups (broad SMARTS) is 1. The van der Waals surface area contributed by atoms with Crippen molar-refractivity contribution in [2.45, 2.75) is 62.8 Å². The molecule has 3 heterocycles. The third-order valence-corrected chi connectivity index (χ3v) is 8.66. The number of aromatic amines is 1. The minimum absolute atomic E-state index is 0.0598. The number of carboxylic acids is 1. The summed E-state index contributed by atoms with van der Waals surface area (Å²) < 4.78 is 5.90. The summed E-state index contributed by atoms with van der Waals surface area (Å²) in [5.74, 6) is 0.00702. The summed E-state index contributed by atoms with van der Waals surface area (Å²) in [6.07, 6.45) is 6.64. The van der Waals surface area contributed by atoms with Crippen molar-refractivity contribution < 1.29 is 19.1 Å². The number of benzene rings is 1. The van der Waals surface area contributed by atoms with Gasteiger partial charge >= 0.3 is 5.97 Å². The van der Waals surface area contributed by atoms with Crippen molar-refractivity contribution in [1.82, 2.24) is 15.1 Å². The number of nitrogens with zero attached hydrogens (tertiary/aromatic N) is 2. The summed E-state index contributed by atoms with van der Waals surface area (Å²) >= 11 is 0. The standard InChI is InChI=1S/C26H30N3O4P/c30-21(29-13-3-6-15-16(25(31)32)4-2-8-19(15)29)14-26(11-12-26)24-23-17(20-9-10-22(34)33-20)5-1-7-18(23)27-28-24/h1,5,7,9-10,15-16,19H,2-4,6,8,11-14,34H2,(H,27,28)(H,31,32). The van der Waals surface area contributed by atoms with Crippen molar-refractivity contribution >= 4 is 37.5 Å². The lowest BCUT2D eigenvalue weighted by Crippen LogP contribution is -2.53. The Labute approximate surface area is 200 Å². The summed E-state index contributed by atoms with van der Waals surface area (Å²) in [5, 5.41) is 18.6. The number of piperidine rings is 1. The molecule has 0 radical (unpaired) electrons. The maximum atomic E-state index is 13.7. The Kier molecular flexibility index (Phi) is 5.29. The molecule has 4 atom stereocenters. The van der Waals surface area contributed by atoms with E-state index < -0.39 is 5.97 Å². The third kappa shape index (κ3) is 3.56. The number of hydrogen-bond donors (Lipinski definition) is 2. The SMILES string of the molecule is O=C(O)C1CCCC2C1CCCN2C(=O)CC1(c2[nH]nc3cccc(-c4ccc(P)o4)c23)CC1. The summed E-state index contributed by atoms with van der Waals surface area (Å²) in [4.78, 5) is 27.6. The van der Waals surface area contributed by atoms with E-state index in [-0.39, 0.29) is 29.2 Å². The van der Waals surface area contributed by atoms with Gasteiger partial charge in [0.05, 0.1) is 17.1 Å². The van der Waals surface area contributed by atoms with Gasteiger partial charge in [-0.2, -0.15) is 5.10 Å². The summed E-state index contributed by atoms with van der Waals surface area (Å²) in [5.41, 5.74) is 3.42. The predicted molar refractivity (Wildman–Crippen MR) is 132 cm³/mol. The smallest absolute Gasteiger partial charge is 0.306 e. The zero-order valence-corrected chi connectivity index (χ0v) is 20.3. The highest BCUT2D eigenvalue weighted by Gasteiger charge is 2.51. The van der Waals surface area contributed by atoms with E-state index in [1.165, 1.54) is 0 Å². The van der Waals surface area contributed by atoms with Crippen LogP contribution in [0.5, 0.6) is 0 Å². The van der Waals surface area contributed by atoms with Gasteiger partial charge in [0.2, 0.25) is 5.91 Å². The van der Waals surface area contributed by atoms with Crippen molar-refractivity contribution in [3.05, 3.63) is 36.0 Å². The van der Waals surface area contributed by atoms with Gasteiger partial charge in [-0.25, -0.2) is 0 Å². The van der Waals surface area contributed by atoms with Crippen LogP contribution in [-0.2, 0) is 15.0 Å². The van der Waals surface area contributed by atoms with Crippen molar-refractivity contribution in [3.8, 4) is 11.3 Å². The zero-order valence-electron chi connectivity index (χ0n) is 19.1. The number of likely N-dealkylation sites (tertiary alicyclic amines) is 1. The second kappa shape index (κ2) is 8.23. The Morgan fingerprint density at radius 2 is 2.03 bits per heavy atom. The highest BCUT2D eigenvalue weighted by Crippen LogP contribution is 2.54. The van der Waals surface area contributed by atoms with E-state index in [1.807, 2.05) is 35.2 Å². The van der Waals surface area contributed by atoms with Crippen LogP contribution in [0.3, 0.4) is 0 Å². The van der Waals surface area contributed by atoms with E-state index in [9.17, 15) is 14.7 Å². The number of H-pyrrole nitrogens is 1. The van der Waals surface area contributed by atoms with Gasteiger partial charge in [-0.1, -0.05) is 27.8 Å². The highest BCUT2D eigenvalue weighted by molar-refractivity contribution is 7.26. The maximum absolute atomic E-state index is 13.7. The molecule has 0 spiro atoms. The second-order valence-electron chi connectivity index (χ2n) is 10.3. The van der Waals surface area contributed by atoms with Crippen LogP contribution in [0.1, 0.15) is 57.1 Å². The molecule has 34 heavy (non-hydrogen) atoms. The van der Waals surface area contributed by atoms with Crippen molar-refractivity contribution in [2.24, 2.45) is 11.8 Å². The molecule has 2 saturated carbocycles.